The summed E-state index contributed by atoms with van der Waals surface area (Å²) in [5.74, 6) is 2.13. The quantitative estimate of drug-likeness (QED) is 0.797. The molecule has 1 heterocycles. The molecule has 2 saturated carbocycles. The van der Waals surface area contributed by atoms with E-state index in [1.807, 2.05) is 6.08 Å². The van der Waals surface area contributed by atoms with Crippen molar-refractivity contribution in [3.63, 3.8) is 0 Å². The fourth-order valence-electron chi connectivity index (χ4n) is 4.19. The second-order valence-electron chi connectivity index (χ2n) is 6.80. The van der Waals surface area contributed by atoms with E-state index in [9.17, 15) is 4.79 Å². The van der Waals surface area contributed by atoms with Gasteiger partial charge in [-0.3, -0.25) is 4.84 Å². The van der Waals surface area contributed by atoms with Gasteiger partial charge in [0, 0.05) is 6.08 Å². The second kappa shape index (κ2) is 6.90. The van der Waals surface area contributed by atoms with Gasteiger partial charge in [0.05, 0.1) is 6.61 Å². The van der Waals surface area contributed by atoms with Gasteiger partial charge in [-0.05, 0) is 44.4 Å². The SMILES string of the molecule is CCOC(=O)OC1=CC2(CCC(C3CCCCC3)CC2)ON1. The smallest absolute Gasteiger partial charge is 0.434 e. The minimum Gasteiger partial charge on any atom is -0.434 e. The Balaban J connectivity index is 1.51. The van der Waals surface area contributed by atoms with E-state index >= 15 is 0 Å². The van der Waals surface area contributed by atoms with Crippen molar-refractivity contribution in [2.45, 2.75) is 70.3 Å². The molecular weight excluding hydrogens is 282 g/mol. The molecule has 3 aliphatic rings. The Kier molecular flexibility index (Phi) is 4.91. The van der Waals surface area contributed by atoms with E-state index in [4.69, 9.17) is 14.3 Å². The molecular formula is C17H27NO4. The van der Waals surface area contributed by atoms with Crippen molar-refractivity contribution in [3.05, 3.63) is 12.0 Å². The highest BCUT2D eigenvalue weighted by Gasteiger charge is 2.41. The number of carbonyl (C=O) groups excluding carboxylic acids is 1. The molecule has 0 aromatic heterocycles. The summed E-state index contributed by atoms with van der Waals surface area (Å²) in [6.45, 7) is 2.06. The van der Waals surface area contributed by atoms with Crippen molar-refractivity contribution in [1.29, 1.82) is 0 Å². The summed E-state index contributed by atoms with van der Waals surface area (Å²) >= 11 is 0. The van der Waals surface area contributed by atoms with Crippen LogP contribution >= 0.6 is 0 Å². The monoisotopic (exact) mass is 309 g/mol. The van der Waals surface area contributed by atoms with E-state index < -0.39 is 6.16 Å². The van der Waals surface area contributed by atoms with Crippen LogP contribution in [0.2, 0.25) is 0 Å². The Morgan fingerprint density at radius 3 is 2.59 bits per heavy atom. The Bertz CT molecular complexity index is 420. The molecule has 1 spiro atoms. The summed E-state index contributed by atoms with van der Waals surface area (Å²) in [6.07, 6.45) is 12.7. The number of hydrogen-bond acceptors (Lipinski definition) is 5. The van der Waals surface area contributed by atoms with Gasteiger partial charge in [-0.2, -0.15) is 0 Å². The molecule has 1 aliphatic heterocycles. The fraction of sp³-hybridized carbons (Fsp3) is 0.824. The van der Waals surface area contributed by atoms with Crippen molar-refractivity contribution >= 4 is 6.16 Å². The number of hydroxylamine groups is 1. The first-order valence-electron chi connectivity index (χ1n) is 8.72. The van der Waals surface area contributed by atoms with E-state index in [0.29, 0.717) is 12.5 Å². The molecule has 2 aliphatic carbocycles. The lowest BCUT2D eigenvalue weighted by Crippen LogP contribution is -2.36. The van der Waals surface area contributed by atoms with Crippen LogP contribution in [0.1, 0.15) is 64.7 Å². The minimum atomic E-state index is -0.683. The minimum absolute atomic E-state index is 0.299. The summed E-state index contributed by atoms with van der Waals surface area (Å²) in [6, 6.07) is 0. The van der Waals surface area contributed by atoms with Crippen molar-refractivity contribution in [2.24, 2.45) is 11.8 Å². The molecule has 22 heavy (non-hydrogen) atoms. The Morgan fingerprint density at radius 2 is 1.91 bits per heavy atom. The molecule has 0 bridgehead atoms. The van der Waals surface area contributed by atoms with Gasteiger partial charge in [0.2, 0.25) is 5.88 Å². The third-order valence-electron chi connectivity index (χ3n) is 5.40. The van der Waals surface area contributed by atoms with Crippen LogP contribution in [-0.2, 0) is 14.3 Å². The van der Waals surface area contributed by atoms with Crippen LogP contribution < -0.4 is 5.48 Å². The van der Waals surface area contributed by atoms with Crippen LogP contribution in [0.15, 0.2) is 12.0 Å². The van der Waals surface area contributed by atoms with Crippen molar-refractivity contribution < 1.29 is 19.1 Å². The zero-order chi connectivity index (χ0) is 15.4. The van der Waals surface area contributed by atoms with Crippen LogP contribution in [0.5, 0.6) is 0 Å². The van der Waals surface area contributed by atoms with Gasteiger partial charge in [-0.25, -0.2) is 10.3 Å². The van der Waals surface area contributed by atoms with Gasteiger partial charge in [0.1, 0.15) is 5.60 Å². The molecule has 3 rings (SSSR count). The highest BCUT2D eigenvalue weighted by molar-refractivity contribution is 5.61. The van der Waals surface area contributed by atoms with Gasteiger partial charge in [0.25, 0.3) is 0 Å². The summed E-state index contributed by atoms with van der Waals surface area (Å²) < 4.78 is 9.86. The molecule has 5 heteroatoms. The normalized spacial score (nSPS) is 32.4. The maximum atomic E-state index is 11.3. The lowest BCUT2D eigenvalue weighted by molar-refractivity contribution is -0.0817. The molecule has 0 aromatic carbocycles. The molecule has 0 saturated heterocycles. The van der Waals surface area contributed by atoms with E-state index in [1.54, 1.807) is 6.92 Å². The zero-order valence-electron chi connectivity index (χ0n) is 13.4. The molecule has 2 fully saturated rings. The molecule has 5 nitrogen and oxygen atoms in total. The first kappa shape index (κ1) is 15.7. The molecule has 1 N–H and O–H groups in total. The van der Waals surface area contributed by atoms with Crippen LogP contribution in [0, 0.1) is 11.8 Å². The maximum Gasteiger partial charge on any atom is 0.515 e. The van der Waals surface area contributed by atoms with Gasteiger partial charge in [0.15, 0.2) is 0 Å². The third kappa shape index (κ3) is 3.57. The summed E-state index contributed by atoms with van der Waals surface area (Å²) in [7, 11) is 0. The van der Waals surface area contributed by atoms with Crippen LogP contribution in [-0.4, -0.2) is 18.4 Å². The average molecular weight is 309 g/mol. The Labute approximate surface area is 132 Å². The van der Waals surface area contributed by atoms with Crippen LogP contribution in [0.25, 0.3) is 0 Å². The highest BCUT2D eigenvalue weighted by Crippen LogP contribution is 2.44. The molecule has 124 valence electrons. The topological polar surface area (TPSA) is 56.8 Å². The first-order chi connectivity index (χ1) is 10.7. The summed E-state index contributed by atoms with van der Waals surface area (Å²) in [4.78, 5) is 17.1. The van der Waals surface area contributed by atoms with Crippen LogP contribution in [0.3, 0.4) is 0 Å². The molecule has 0 unspecified atom stereocenters. The van der Waals surface area contributed by atoms with E-state index in [0.717, 1.165) is 24.7 Å². The highest BCUT2D eigenvalue weighted by atomic mass is 16.8. The number of nitrogens with one attached hydrogen (secondary N) is 1. The number of ether oxygens (including phenoxy) is 2. The molecule has 0 atom stereocenters. The van der Waals surface area contributed by atoms with Gasteiger partial charge in [-0.1, -0.05) is 32.1 Å². The second-order valence-corrected chi connectivity index (χ2v) is 6.80. The largest absolute Gasteiger partial charge is 0.515 e. The van der Waals surface area contributed by atoms with E-state index in [-0.39, 0.29) is 5.60 Å². The Hall–Kier alpha value is -1.23. The van der Waals surface area contributed by atoms with Gasteiger partial charge >= 0.3 is 6.16 Å². The van der Waals surface area contributed by atoms with Crippen molar-refractivity contribution in [2.75, 3.05) is 6.61 Å². The standard InChI is InChI=1S/C17H27NO4/c1-2-20-16(19)21-15-12-17(22-18-15)10-8-14(9-11-17)13-6-4-3-5-7-13/h12-14,18H,2-11H2,1H3. The fourth-order valence-corrected chi connectivity index (χ4v) is 4.19. The van der Waals surface area contributed by atoms with Gasteiger partial charge < -0.3 is 9.47 Å². The number of rotatable bonds is 3. The summed E-state index contributed by atoms with van der Waals surface area (Å²) in [5.41, 5.74) is 2.44. The van der Waals surface area contributed by atoms with Crippen LogP contribution in [0.4, 0.5) is 4.79 Å². The maximum absolute atomic E-state index is 11.3. The predicted octanol–water partition coefficient (Wildman–Crippen LogP) is 4.05. The molecule has 0 radical (unpaired) electrons. The Morgan fingerprint density at radius 1 is 1.23 bits per heavy atom. The third-order valence-corrected chi connectivity index (χ3v) is 5.40. The zero-order valence-corrected chi connectivity index (χ0v) is 13.4. The lowest BCUT2D eigenvalue weighted by Gasteiger charge is -2.38. The van der Waals surface area contributed by atoms with Crippen molar-refractivity contribution in [1.82, 2.24) is 5.48 Å². The van der Waals surface area contributed by atoms with E-state index in [1.165, 1.54) is 44.9 Å². The number of carbonyl (C=O) groups is 1. The van der Waals surface area contributed by atoms with Crippen molar-refractivity contribution in [3.8, 4) is 0 Å². The summed E-state index contributed by atoms with van der Waals surface area (Å²) in [5, 5.41) is 0. The lowest BCUT2D eigenvalue weighted by atomic mass is 9.70. The van der Waals surface area contributed by atoms with Gasteiger partial charge in [-0.15, -0.1) is 0 Å². The first-order valence-corrected chi connectivity index (χ1v) is 8.72. The molecule has 0 amide bonds. The predicted molar refractivity (Wildman–Crippen MR) is 81.7 cm³/mol. The average Bonchev–Trinajstić information content (AvgIpc) is 2.91. The van der Waals surface area contributed by atoms with E-state index in [2.05, 4.69) is 5.48 Å². The number of hydrogen-bond donors (Lipinski definition) is 1. The molecule has 0 aromatic rings.